The zero-order chi connectivity index (χ0) is 19.1. The first-order chi connectivity index (χ1) is 10.6. The molecule has 0 aliphatic heterocycles. The van der Waals surface area contributed by atoms with Gasteiger partial charge in [-0.05, 0) is 0 Å². The van der Waals surface area contributed by atoms with Crippen LogP contribution in [0.2, 0.25) is 0 Å². The molecule has 1 aromatic rings. The molecule has 0 aliphatic rings. The van der Waals surface area contributed by atoms with Crippen molar-refractivity contribution in [3.05, 3.63) is 29.6 Å². The number of amides is 1. The fraction of sp³-hybridized carbons (Fsp3) is 0.417. The van der Waals surface area contributed by atoms with E-state index < -0.39 is 47.2 Å². The molecule has 136 valence electrons. The summed E-state index contributed by atoms with van der Waals surface area (Å²) >= 11 is 0. The van der Waals surface area contributed by atoms with Gasteiger partial charge in [-0.2, -0.15) is 26.3 Å². The molecule has 0 saturated carbocycles. The summed E-state index contributed by atoms with van der Waals surface area (Å²) in [5.41, 5.74) is -1.06. The highest BCUT2D eigenvalue weighted by Crippen LogP contribution is 2.41. The largest absolute Gasteiger partial charge is 0.433 e. The van der Waals surface area contributed by atoms with Crippen LogP contribution in [0, 0.1) is 17.5 Å². The molecule has 0 saturated heterocycles. The van der Waals surface area contributed by atoms with Gasteiger partial charge in [0.1, 0.15) is 0 Å². The molecule has 0 aromatic heterocycles. The maximum Gasteiger partial charge on any atom is 0.433 e. The molecule has 0 spiro atoms. The third-order valence-corrected chi connectivity index (χ3v) is 2.60. The molecule has 0 heterocycles. The van der Waals surface area contributed by atoms with Crippen molar-refractivity contribution in [2.24, 2.45) is 0 Å². The van der Waals surface area contributed by atoms with E-state index in [0.717, 1.165) is 0 Å². The molecule has 12 heteroatoms. The lowest BCUT2D eigenvalue weighted by atomic mass is 10.2. The van der Waals surface area contributed by atoms with Crippen molar-refractivity contribution in [1.29, 1.82) is 0 Å². The summed E-state index contributed by atoms with van der Waals surface area (Å²) in [6.45, 7) is -0.268. The first-order valence-corrected chi connectivity index (χ1v) is 5.86. The summed E-state index contributed by atoms with van der Waals surface area (Å²) in [6.07, 6.45) is -10.6. The number of carbonyl (C=O) groups excluding carboxylic acids is 1. The van der Waals surface area contributed by atoms with E-state index in [2.05, 4.69) is 4.74 Å². The molecule has 0 radical (unpaired) electrons. The second-order valence-corrected chi connectivity index (χ2v) is 4.59. The van der Waals surface area contributed by atoms with Crippen LogP contribution in [0.25, 0.3) is 0 Å². The first kappa shape index (κ1) is 20.1. The molecule has 24 heavy (non-hydrogen) atoms. The molecular formula is C12H8F9NO2. The van der Waals surface area contributed by atoms with Gasteiger partial charge in [0.15, 0.2) is 17.5 Å². The fourth-order valence-electron chi connectivity index (χ4n) is 1.48. The summed E-state index contributed by atoms with van der Waals surface area (Å²) < 4.78 is 119. The van der Waals surface area contributed by atoms with E-state index in [1.165, 1.54) is 0 Å². The predicted octanol–water partition coefficient (Wildman–Crippen LogP) is 3.92. The van der Waals surface area contributed by atoms with Crippen LogP contribution in [0.15, 0.2) is 12.1 Å². The van der Waals surface area contributed by atoms with Crippen molar-refractivity contribution in [2.75, 3.05) is 11.9 Å². The smallest absolute Gasteiger partial charge is 0.310 e. The highest BCUT2D eigenvalue weighted by molar-refractivity contribution is 5.98. The van der Waals surface area contributed by atoms with Crippen LogP contribution in [0.3, 0.4) is 0 Å². The van der Waals surface area contributed by atoms with Crippen molar-refractivity contribution in [3.63, 3.8) is 0 Å². The van der Waals surface area contributed by atoms with Gasteiger partial charge in [0, 0.05) is 31.8 Å². The summed E-state index contributed by atoms with van der Waals surface area (Å²) in [5, 5.41) is 0. The van der Waals surface area contributed by atoms with Gasteiger partial charge < -0.3 is 4.90 Å². The SMILES string of the molecule is CN(C(=O)C(F)(F)C(F)(F)OC(C)(F)F)c1cc(F)c(F)c(F)c1. The fourth-order valence-corrected chi connectivity index (χ4v) is 1.48. The van der Waals surface area contributed by atoms with Crippen molar-refractivity contribution >= 4 is 11.6 Å². The van der Waals surface area contributed by atoms with Crippen LogP contribution in [0.1, 0.15) is 6.92 Å². The molecule has 0 atom stereocenters. The molecule has 0 N–H and O–H groups in total. The highest BCUT2D eigenvalue weighted by atomic mass is 19.3. The van der Waals surface area contributed by atoms with Gasteiger partial charge in [-0.3, -0.25) is 9.53 Å². The van der Waals surface area contributed by atoms with E-state index in [1.54, 1.807) is 0 Å². The standard InChI is InChI=1S/C12H8F9NO2/c1-10(16,17)24-12(20,21)11(18,19)9(23)22(2)5-3-6(13)8(15)7(14)4-5/h3-4H,1-2H3. The maximum absolute atomic E-state index is 13.5. The molecule has 3 nitrogen and oxygen atoms in total. The number of rotatable bonds is 5. The second kappa shape index (κ2) is 6.15. The van der Waals surface area contributed by atoms with Crippen LogP contribution in [0.4, 0.5) is 45.2 Å². The van der Waals surface area contributed by atoms with E-state index in [9.17, 15) is 44.3 Å². The Morgan fingerprint density at radius 1 is 1.00 bits per heavy atom. The van der Waals surface area contributed by atoms with Crippen molar-refractivity contribution in [3.8, 4) is 0 Å². The summed E-state index contributed by atoms with van der Waals surface area (Å²) in [6, 6.07) is 0.139. The van der Waals surface area contributed by atoms with Gasteiger partial charge in [0.2, 0.25) is 0 Å². The maximum atomic E-state index is 13.5. The van der Waals surface area contributed by atoms with Crippen LogP contribution >= 0.6 is 0 Å². The number of alkyl halides is 6. The third kappa shape index (κ3) is 3.91. The second-order valence-electron chi connectivity index (χ2n) is 4.59. The number of hydrogen-bond acceptors (Lipinski definition) is 2. The minimum absolute atomic E-state index is 0.0693. The Morgan fingerprint density at radius 3 is 1.79 bits per heavy atom. The number of carbonyl (C=O) groups is 1. The Labute approximate surface area is 128 Å². The van der Waals surface area contributed by atoms with Gasteiger partial charge in [-0.15, -0.1) is 0 Å². The third-order valence-electron chi connectivity index (χ3n) is 2.60. The Balaban J connectivity index is 3.19. The quantitative estimate of drug-likeness (QED) is 0.582. The average Bonchev–Trinajstić information content (AvgIpc) is 2.39. The minimum atomic E-state index is -5.94. The normalized spacial score (nSPS) is 13.1. The Morgan fingerprint density at radius 2 is 1.42 bits per heavy atom. The summed E-state index contributed by atoms with van der Waals surface area (Å²) in [4.78, 5) is 11.1. The van der Waals surface area contributed by atoms with E-state index in [1.807, 2.05) is 0 Å². The van der Waals surface area contributed by atoms with E-state index in [4.69, 9.17) is 0 Å². The van der Waals surface area contributed by atoms with Gasteiger partial charge in [0.05, 0.1) is 0 Å². The van der Waals surface area contributed by atoms with Gasteiger partial charge in [-0.25, -0.2) is 13.2 Å². The minimum Gasteiger partial charge on any atom is -0.310 e. The Kier molecular flexibility index (Phi) is 5.14. The number of halogens is 9. The molecule has 0 bridgehead atoms. The molecule has 1 rings (SSSR count). The number of ether oxygens (including phenoxy) is 1. The molecule has 0 aliphatic carbocycles. The lowest BCUT2D eigenvalue weighted by molar-refractivity contribution is -0.415. The topological polar surface area (TPSA) is 29.5 Å². The number of anilines is 1. The Hall–Kier alpha value is -1.98. The summed E-state index contributed by atoms with van der Waals surface area (Å²) in [5.74, 6) is -14.4. The Bertz CT molecular complexity index is 619. The van der Waals surface area contributed by atoms with Crippen molar-refractivity contribution in [2.45, 2.75) is 25.1 Å². The van der Waals surface area contributed by atoms with Crippen LogP contribution < -0.4 is 4.90 Å². The van der Waals surface area contributed by atoms with Gasteiger partial charge >= 0.3 is 24.0 Å². The molecule has 1 aromatic carbocycles. The molecule has 0 unspecified atom stereocenters. The lowest BCUT2D eigenvalue weighted by Gasteiger charge is -2.30. The molecule has 1 amide bonds. The van der Waals surface area contributed by atoms with E-state index >= 15 is 0 Å². The zero-order valence-corrected chi connectivity index (χ0v) is 11.8. The average molecular weight is 369 g/mol. The molecular weight excluding hydrogens is 361 g/mol. The van der Waals surface area contributed by atoms with Gasteiger partial charge in [-0.1, -0.05) is 0 Å². The number of hydrogen-bond donors (Lipinski definition) is 0. The number of nitrogens with zero attached hydrogens (tertiary/aromatic N) is 1. The van der Waals surface area contributed by atoms with Crippen molar-refractivity contribution in [1.82, 2.24) is 0 Å². The van der Waals surface area contributed by atoms with Crippen LogP contribution in [0.5, 0.6) is 0 Å². The monoisotopic (exact) mass is 369 g/mol. The van der Waals surface area contributed by atoms with E-state index in [-0.39, 0.29) is 24.0 Å². The highest BCUT2D eigenvalue weighted by Gasteiger charge is 2.67. The number of benzene rings is 1. The van der Waals surface area contributed by atoms with Gasteiger partial charge in [0.25, 0.3) is 0 Å². The summed E-state index contributed by atoms with van der Waals surface area (Å²) in [7, 11) is 0.391. The lowest BCUT2D eigenvalue weighted by Crippen LogP contribution is -2.56. The zero-order valence-electron chi connectivity index (χ0n) is 11.8. The van der Waals surface area contributed by atoms with Crippen LogP contribution in [-0.2, 0) is 9.53 Å². The predicted molar refractivity (Wildman–Crippen MR) is 61.3 cm³/mol. The first-order valence-electron chi connectivity index (χ1n) is 5.86. The van der Waals surface area contributed by atoms with E-state index in [0.29, 0.717) is 7.05 Å². The van der Waals surface area contributed by atoms with Crippen LogP contribution in [-0.4, -0.2) is 31.1 Å². The molecule has 0 fully saturated rings. The van der Waals surface area contributed by atoms with Crippen molar-refractivity contribution < 1.29 is 49.0 Å².